The molecule has 3 rings (SSSR count). The fourth-order valence-electron chi connectivity index (χ4n) is 3.37. The number of carbonyl (C=O) groups is 1. The monoisotopic (exact) mass is 428 g/mol. The lowest BCUT2D eigenvalue weighted by Crippen LogP contribution is -2.60. The van der Waals surface area contributed by atoms with E-state index < -0.39 is 47.9 Å². The lowest BCUT2D eigenvalue weighted by Gasteiger charge is -2.38. The quantitative estimate of drug-likeness (QED) is 0.370. The van der Waals surface area contributed by atoms with Gasteiger partial charge in [0.15, 0.2) is 23.6 Å². The van der Waals surface area contributed by atoms with Crippen molar-refractivity contribution in [3.05, 3.63) is 27.2 Å². The van der Waals surface area contributed by atoms with Crippen molar-refractivity contribution in [3.63, 3.8) is 0 Å². The van der Waals surface area contributed by atoms with Crippen molar-refractivity contribution in [2.45, 2.75) is 44.2 Å². The minimum Gasteiger partial charge on any atom is -0.479 e. The van der Waals surface area contributed by atoms with Crippen LogP contribution in [0, 0.1) is 5.92 Å². The molecule has 6 atom stereocenters. The number of hydrogen-bond donors (Lipinski definition) is 4. The second-order valence-corrected chi connectivity index (χ2v) is 7.45. The maximum Gasteiger partial charge on any atom is 0.335 e. The molecular weight excluding hydrogens is 404 g/mol. The van der Waals surface area contributed by atoms with Crippen molar-refractivity contribution in [1.82, 2.24) is 18.7 Å². The summed E-state index contributed by atoms with van der Waals surface area (Å²) >= 11 is 0. The van der Waals surface area contributed by atoms with Gasteiger partial charge in [0.1, 0.15) is 18.3 Å². The van der Waals surface area contributed by atoms with Gasteiger partial charge in [-0.15, -0.1) is 0 Å². The number of hydrogen-bond acceptors (Lipinski definition) is 9. The summed E-state index contributed by atoms with van der Waals surface area (Å²) < 4.78 is 14.3. The first-order chi connectivity index (χ1) is 14.0. The third-order valence-corrected chi connectivity index (χ3v) is 5.08. The largest absolute Gasteiger partial charge is 0.479 e. The number of carboxylic acids is 1. The maximum absolute atomic E-state index is 12.5. The number of aliphatic hydroxyl groups excluding tert-OH is 3. The molecule has 0 spiro atoms. The molecule has 1 unspecified atom stereocenters. The van der Waals surface area contributed by atoms with Gasteiger partial charge in [0.05, 0.1) is 12.9 Å². The molecule has 0 bridgehead atoms. The lowest BCUT2D eigenvalue weighted by atomic mass is 9.99. The molecule has 13 nitrogen and oxygen atoms in total. The van der Waals surface area contributed by atoms with Gasteiger partial charge in [-0.2, -0.15) is 0 Å². The van der Waals surface area contributed by atoms with Crippen LogP contribution < -0.4 is 11.2 Å². The Morgan fingerprint density at radius 1 is 1.20 bits per heavy atom. The Labute approximate surface area is 169 Å². The number of aromatic nitrogens is 4. The van der Waals surface area contributed by atoms with Crippen molar-refractivity contribution < 1.29 is 34.7 Å². The third-order valence-electron chi connectivity index (χ3n) is 5.08. The van der Waals surface area contributed by atoms with Crippen molar-refractivity contribution in [2.75, 3.05) is 6.61 Å². The highest BCUT2D eigenvalue weighted by Crippen LogP contribution is 2.23. The van der Waals surface area contributed by atoms with Gasteiger partial charge in [-0.05, 0) is 5.92 Å². The Kier molecular flexibility index (Phi) is 6.10. The van der Waals surface area contributed by atoms with Crippen LogP contribution in [0.4, 0.5) is 0 Å². The zero-order valence-corrected chi connectivity index (χ0v) is 16.6. The lowest BCUT2D eigenvalue weighted by molar-refractivity contribution is -0.296. The average Bonchev–Trinajstić information content (AvgIpc) is 3.11. The van der Waals surface area contributed by atoms with E-state index in [1.807, 2.05) is 0 Å². The van der Waals surface area contributed by atoms with Crippen LogP contribution in [0.2, 0.25) is 0 Å². The molecule has 1 fully saturated rings. The fraction of sp³-hybridized carbons (Fsp3) is 0.647. The number of ether oxygens (including phenoxy) is 2. The molecule has 0 radical (unpaired) electrons. The highest BCUT2D eigenvalue weighted by Gasteiger charge is 2.47. The number of aryl methyl sites for hydroxylation is 1. The summed E-state index contributed by atoms with van der Waals surface area (Å²) in [5, 5.41) is 38.6. The molecule has 4 N–H and O–H groups in total. The number of nitrogens with zero attached hydrogens (tertiary/aromatic N) is 4. The van der Waals surface area contributed by atoms with Gasteiger partial charge < -0.3 is 34.5 Å². The molecule has 2 aromatic rings. The first-order valence-corrected chi connectivity index (χ1v) is 9.19. The third kappa shape index (κ3) is 3.77. The van der Waals surface area contributed by atoms with Crippen molar-refractivity contribution in [3.8, 4) is 0 Å². The predicted molar refractivity (Wildman–Crippen MR) is 99.6 cm³/mol. The molecule has 0 aromatic carbocycles. The van der Waals surface area contributed by atoms with Crippen molar-refractivity contribution in [2.24, 2.45) is 20.0 Å². The van der Waals surface area contributed by atoms with E-state index in [4.69, 9.17) is 14.6 Å². The van der Waals surface area contributed by atoms with E-state index in [-0.39, 0.29) is 30.2 Å². The molecule has 1 saturated heterocycles. The number of aliphatic carboxylic acids is 1. The van der Waals surface area contributed by atoms with Gasteiger partial charge in [-0.3, -0.25) is 13.9 Å². The van der Waals surface area contributed by atoms with Crippen molar-refractivity contribution in [1.29, 1.82) is 0 Å². The minimum atomic E-state index is -1.80. The zero-order valence-electron chi connectivity index (χ0n) is 16.6. The van der Waals surface area contributed by atoms with E-state index in [2.05, 4.69) is 4.98 Å². The average molecular weight is 428 g/mol. The maximum atomic E-state index is 12.5. The van der Waals surface area contributed by atoms with Gasteiger partial charge in [0.25, 0.3) is 5.56 Å². The summed E-state index contributed by atoms with van der Waals surface area (Å²) in [6.45, 7) is 2.01. The smallest absolute Gasteiger partial charge is 0.335 e. The van der Waals surface area contributed by atoms with E-state index in [0.717, 1.165) is 4.57 Å². The molecule has 0 aliphatic carbocycles. The summed E-state index contributed by atoms with van der Waals surface area (Å²) in [6, 6.07) is 0. The Morgan fingerprint density at radius 2 is 1.87 bits per heavy atom. The van der Waals surface area contributed by atoms with E-state index in [9.17, 15) is 29.7 Å². The van der Waals surface area contributed by atoms with Gasteiger partial charge in [-0.1, -0.05) is 6.92 Å². The summed E-state index contributed by atoms with van der Waals surface area (Å²) in [5.74, 6) is -1.76. The summed E-state index contributed by atoms with van der Waals surface area (Å²) in [7, 11) is 2.88. The van der Waals surface area contributed by atoms with E-state index in [0.29, 0.717) is 0 Å². The fourth-order valence-corrected chi connectivity index (χ4v) is 3.37. The molecule has 3 heterocycles. The predicted octanol–water partition coefficient (Wildman–Crippen LogP) is -3.02. The second kappa shape index (κ2) is 8.28. The number of carboxylic acid groups (broad SMARTS) is 1. The standard InChI is InChI=1S/C17H24N4O9/c1-7(5-29-16-11(24)9(22)10(23)12(30-16)15(26)27)4-21-6-18-13-8(21)14(25)20(3)17(28)19(13)2/h6-7,9-12,16,22-24H,4-5H2,1-3H3,(H,26,27)/t7?,9-,10-,11+,12-,16+/m0/s1. The van der Waals surface area contributed by atoms with Crippen LogP contribution >= 0.6 is 0 Å². The van der Waals surface area contributed by atoms with Gasteiger partial charge in [0, 0.05) is 20.6 Å². The van der Waals surface area contributed by atoms with Gasteiger partial charge in [0.2, 0.25) is 0 Å². The van der Waals surface area contributed by atoms with Crippen LogP contribution in [0.1, 0.15) is 6.92 Å². The highest BCUT2D eigenvalue weighted by atomic mass is 16.7. The highest BCUT2D eigenvalue weighted by molar-refractivity contribution is 5.73. The first-order valence-electron chi connectivity index (χ1n) is 9.19. The van der Waals surface area contributed by atoms with Crippen LogP contribution in [-0.4, -0.2) is 82.4 Å². The van der Waals surface area contributed by atoms with E-state index in [1.54, 1.807) is 11.5 Å². The topological polar surface area (TPSA) is 178 Å². The molecule has 166 valence electrons. The number of rotatable bonds is 6. The van der Waals surface area contributed by atoms with Crippen molar-refractivity contribution >= 4 is 17.1 Å². The second-order valence-electron chi connectivity index (χ2n) is 7.45. The minimum absolute atomic E-state index is 0.0252. The molecule has 0 amide bonds. The molecular formula is C17H24N4O9. The van der Waals surface area contributed by atoms with Crippen LogP contribution in [0.3, 0.4) is 0 Å². The molecule has 1 aliphatic heterocycles. The Balaban J connectivity index is 1.72. The van der Waals surface area contributed by atoms with Gasteiger partial charge >= 0.3 is 11.7 Å². The van der Waals surface area contributed by atoms with Crippen LogP contribution in [0.5, 0.6) is 0 Å². The number of aliphatic hydroxyl groups is 3. The van der Waals surface area contributed by atoms with Crippen LogP contribution in [-0.2, 0) is 34.9 Å². The first kappa shape index (κ1) is 22.1. The molecule has 1 aliphatic rings. The van der Waals surface area contributed by atoms with Gasteiger partial charge in [-0.25, -0.2) is 14.6 Å². The molecule has 0 saturated carbocycles. The van der Waals surface area contributed by atoms with E-state index >= 15 is 0 Å². The van der Waals surface area contributed by atoms with Crippen LogP contribution in [0.15, 0.2) is 15.9 Å². The Bertz CT molecular complexity index is 1060. The summed E-state index contributed by atoms with van der Waals surface area (Å²) in [5.41, 5.74) is -0.508. The molecule has 30 heavy (non-hydrogen) atoms. The number of fused-ring (bicyclic) bond motifs is 1. The molecule has 2 aromatic heterocycles. The zero-order chi connectivity index (χ0) is 22.3. The summed E-state index contributed by atoms with van der Waals surface area (Å²) in [4.78, 5) is 39.8. The van der Waals surface area contributed by atoms with Crippen LogP contribution in [0.25, 0.3) is 11.2 Å². The summed E-state index contributed by atoms with van der Waals surface area (Å²) in [6.07, 6.45) is -6.96. The van der Waals surface area contributed by atoms with E-state index in [1.165, 1.54) is 25.0 Å². The Morgan fingerprint density at radius 3 is 2.50 bits per heavy atom. The SMILES string of the molecule is CC(CO[C@@H]1O[C@H](C(=O)O)[C@@H](O)[C@H](O)[C@H]1O)Cn1cnc2c1c(=O)n(C)c(=O)n2C. The normalized spacial score (nSPS) is 28.0. The number of imidazole rings is 1. The Hall–Kier alpha value is -2.58. The molecule has 13 heteroatoms.